The van der Waals surface area contributed by atoms with Gasteiger partial charge in [-0.05, 0) is 42.5 Å². The van der Waals surface area contributed by atoms with Crippen LogP contribution in [0.2, 0.25) is 0 Å². The summed E-state index contributed by atoms with van der Waals surface area (Å²) in [5.41, 5.74) is 3.46. The zero-order valence-corrected chi connectivity index (χ0v) is 18.4. The van der Waals surface area contributed by atoms with Crippen LogP contribution in [-0.2, 0) is 22.6 Å². The molecule has 2 fully saturated rings. The molecule has 1 aromatic carbocycles. The average Bonchev–Trinajstić information content (AvgIpc) is 3.38. The summed E-state index contributed by atoms with van der Waals surface area (Å²) in [6.07, 6.45) is 6.47. The lowest BCUT2D eigenvalue weighted by Gasteiger charge is -2.49. The van der Waals surface area contributed by atoms with Crippen LogP contribution < -0.4 is 10.2 Å². The summed E-state index contributed by atoms with van der Waals surface area (Å²) in [7, 11) is 0. The first-order chi connectivity index (χ1) is 15.7. The van der Waals surface area contributed by atoms with Gasteiger partial charge in [0.15, 0.2) is 0 Å². The number of fused-ring (bicyclic) bond motifs is 3. The largest absolute Gasteiger partial charge is 0.365 e. The van der Waals surface area contributed by atoms with Gasteiger partial charge in [0.25, 0.3) is 0 Å². The molecule has 1 aromatic heterocycles. The van der Waals surface area contributed by atoms with Crippen LogP contribution in [0.25, 0.3) is 0 Å². The smallest absolute Gasteiger partial charge is 0.236 e. The fraction of sp³-hybridized carbons (Fsp3) is 0.480. The van der Waals surface area contributed by atoms with E-state index in [-0.39, 0.29) is 23.8 Å². The zero-order chi connectivity index (χ0) is 21.9. The van der Waals surface area contributed by atoms with Crippen LogP contribution in [0.1, 0.15) is 24.0 Å². The Morgan fingerprint density at radius 3 is 2.69 bits per heavy atom. The van der Waals surface area contributed by atoms with Crippen molar-refractivity contribution in [3.63, 3.8) is 0 Å². The van der Waals surface area contributed by atoms with Crippen molar-refractivity contribution in [3.8, 4) is 0 Å². The van der Waals surface area contributed by atoms with Gasteiger partial charge >= 0.3 is 0 Å². The lowest BCUT2D eigenvalue weighted by atomic mass is 9.83. The van der Waals surface area contributed by atoms with Gasteiger partial charge in [0.1, 0.15) is 0 Å². The monoisotopic (exact) mass is 433 g/mol. The quantitative estimate of drug-likeness (QED) is 0.777. The minimum atomic E-state index is -0.147. The van der Waals surface area contributed by atoms with E-state index in [1.807, 2.05) is 17.0 Å². The third-order valence-corrected chi connectivity index (χ3v) is 7.05. The molecule has 4 heterocycles. The molecule has 2 aromatic rings. The molecule has 0 aliphatic carbocycles. The van der Waals surface area contributed by atoms with Crippen LogP contribution >= 0.6 is 0 Å². The van der Waals surface area contributed by atoms with Crippen molar-refractivity contribution in [2.75, 3.05) is 44.2 Å². The molecule has 0 spiro atoms. The lowest BCUT2D eigenvalue weighted by molar-refractivity contribution is -0.131. The molecule has 3 aliphatic heterocycles. The number of anilines is 1. The second kappa shape index (κ2) is 9.28. The molecule has 2 saturated heterocycles. The minimum absolute atomic E-state index is 0.0685. The first kappa shape index (κ1) is 20.9. The Morgan fingerprint density at radius 2 is 1.88 bits per heavy atom. The molecule has 5 rings (SSSR count). The molecule has 1 N–H and O–H groups in total. The second-order valence-corrected chi connectivity index (χ2v) is 9.10. The number of hydrogen-bond donors (Lipinski definition) is 1. The third kappa shape index (κ3) is 4.35. The first-order valence-corrected chi connectivity index (χ1v) is 11.7. The highest BCUT2D eigenvalue weighted by atomic mass is 16.2. The fourth-order valence-corrected chi connectivity index (χ4v) is 5.34. The SMILES string of the molecule is O=C(NCc1cccnc1)[C@@H]1Cc2ccccc2N2CCN(CC(=O)N3CCCC3)C[C@@H]12. The number of pyridine rings is 1. The highest BCUT2D eigenvalue weighted by Crippen LogP contribution is 2.36. The maximum Gasteiger partial charge on any atom is 0.236 e. The van der Waals surface area contributed by atoms with Crippen molar-refractivity contribution in [1.82, 2.24) is 20.1 Å². The van der Waals surface area contributed by atoms with Gasteiger partial charge in [-0.15, -0.1) is 0 Å². The molecule has 0 saturated carbocycles. The highest BCUT2D eigenvalue weighted by molar-refractivity contribution is 5.82. The lowest BCUT2D eigenvalue weighted by Crippen LogP contribution is -2.62. The zero-order valence-electron chi connectivity index (χ0n) is 18.4. The summed E-state index contributed by atoms with van der Waals surface area (Å²) in [5, 5.41) is 3.13. The summed E-state index contributed by atoms with van der Waals surface area (Å²) in [4.78, 5) is 36.8. The van der Waals surface area contributed by atoms with Crippen molar-refractivity contribution in [2.45, 2.75) is 31.8 Å². The van der Waals surface area contributed by atoms with Crippen LogP contribution in [0.3, 0.4) is 0 Å². The molecular weight excluding hydrogens is 402 g/mol. The number of para-hydroxylation sites is 1. The molecule has 2 amide bonds. The normalized spacial score (nSPS) is 22.9. The predicted octanol–water partition coefficient (Wildman–Crippen LogP) is 1.68. The maximum absolute atomic E-state index is 13.3. The van der Waals surface area contributed by atoms with Gasteiger partial charge in [-0.2, -0.15) is 0 Å². The van der Waals surface area contributed by atoms with Crippen molar-refractivity contribution in [2.24, 2.45) is 5.92 Å². The number of piperazine rings is 1. The Hall–Kier alpha value is -2.93. The molecule has 0 radical (unpaired) electrons. The Bertz CT molecular complexity index is 960. The summed E-state index contributed by atoms with van der Waals surface area (Å²) < 4.78 is 0. The molecule has 3 aliphatic rings. The van der Waals surface area contributed by atoms with E-state index >= 15 is 0 Å². The fourth-order valence-electron chi connectivity index (χ4n) is 5.34. The second-order valence-electron chi connectivity index (χ2n) is 9.10. The van der Waals surface area contributed by atoms with Gasteiger partial charge in [0.2, 0.25) is 11.8 Å². The summed E-state index contributed by atoms with van der Waals surface area (Å²) >= 11 is 0. The van der Waals surface area contributed by atoms with Gasteiger partial charge in [-0.3, -0.25) is 19.5 Å². The standard InChI is InChI=1S/C25H31N5O2/c31-24(29-10-3-4-11-29)18-28-12-13-30-22-8-2-1-7-20(22)14-21(23(30)17-28)25(32)27-16-19-6-5-9-26-15-19/h1-2,5-9,15,21,23H,3-4,10-14,16-18H2,(H,27,32)/t21-,23+/m1/s1. The number of carbonyl (C=O) groups excluding carboxylic acids is 2. The van der Waals surface area contributed by atoms with E-state index in [1.54, 1.807) is 12.4 Å². The van der Waals surface area contributed by atoms with Crippen LogP contribution in [0, 0.1) is 5.92 Å². The number of benzene rings is 1. The van der Waals surface area contributed by atoms with Gasteiger partial charge in [-0.25, -0.2) is 0 Å². The number of hydrogen-bond acceptors (Lipinski definition) is 5. The Balaban J connectivity index is 1.31. The molecular formula is C25H31N5O2. The van der Waals surface area contributed by atoms with Gasteiger partial charge in [0, 0.05) is 57.3 Å². The average molecular weight is 434 g/mol. The minimum Gasteiger partial charge on any atom is -0.365 e. The maximum atomic E-state index is 13.3. The molecule has 32 heavy (non-hydrogen) atoms. The van der Waals surface area contributed by atoms with Crippen molar-refractivity contribution >= 4 is 17.5 Å². The van der Waals surface area contributed by atoms with Crippen molar-refractivity contribution in [3.05, 3.63) is 59.9 Å². The number of aromatic nitrogens is 1. The van der Waals surface area contributed by atoms with Gasteiger partial charge in [0.05, 0.1) is 18.5 Å². The molecule has 0 bridgehead atoms. The molecule has 0 unspecified atom stereocenters. The van der Waals surface area contributed by atoms with Crippen molar-refractivity contribution in [1.29, 1.82) is 0 Å². The molecule has 168 valence electrons. The van der Waals surface area contributed by atoms with Gasteiger partial charge in [-0.1, -0.05) is 24.3 Å². The highest BCUT2D eigenvalue weighted by Gasteiger charge is 2.41. The van der Waals surface area contributed by atoms with Crippen molar-refractivity contribution < 1.29 is 9.59 Å². The van der Waals surface area contributed by atoms with Crippen LogP contribution in [0.15, 0.2) is 48.8 Å². The van der Waals surface area contributed by atoms with E-state index in [1.165, 1.54) is 11.3 Å². The molecule has 7 nitrogen and oxygen atoms in total. The van der Waals surface area contributed by atoms with E-state index < -0.39 is 0 Å². The van der Waals surface area contributed by atoms with Crippen LogP contribution in [0.4, 0.5) is 5.69 Å². The predicted molar refractivity (Wildman–Crippen MR) is 123 cm³/mol. The van der Waals surface area contributed by atoms with Gasteiger partial charge < -0.3 is 15.1 Å². The molecule has 7 heteroatoms. The Morgan fingerprint density at radius 1 is 1.03 bits per heavy atom. The van der Waals surface area contributed by atoms with E-state index in [2.05, 4.69) is 44.4 Å². The van der Waals surface area contributed by atoms with E-state index in [0.717, 1.165) is 57.5 Å². The van der Waals surface area contributed by atoms with Crippen LogP contribution in [0.5, 0.6) is 0 Å². The van der Waals surface area contributed by atoms with E-state index in [4.69, 9.17) is 0 Å². The number of nitrogens with zero attached hydrogens (tertiary/aromatic N) is 4. The number of rotatable bonds is 5. The van der Waals surface area contributed by atoms with Crippen LogP contribution in [-0.4, -0.2) is 71.9 Å². The Kier molecular flexibility index (Phi) is 6.08. The summed E-state index contributed by atoms with van der Waals surface area (Å²) in [6, 6.07) is 12.3. The number of likely N-dealkylation sites (tertiary alicyclic amines) is 1. The number of nitrogens with one attached hydrogen (secondary N) is 1. The van der Waals surface area contributed by atoms with E-state index in [9.17, 15) is 9.59 Å². The Labute approximate surface area is 189 Å². The number of amides is 2. The van der Waals surface area contributed by atoms with E-state index in [0.29, 0.717) is 13.1 Å². The number of carbonyl (C=O) groups is 2. The summed E-state index contributed by atoms with van der Waals surface area (Å²) in [5.74, 6) is 0.155. The third-order valence-electron chi connectivity index (χ3n) is 7.05. The molecule has 2 atom stereocenters. The summed E-state index contributed by atoms with van der Waals surface area (Å²) in [6.45, 7) is 5.11. The first-order valence-electron chi connectivity index (χ1n) is 11.7. The topological polar surface area (TPSA) is 68.8 Å².